The molecular formula is C12H20N4O3. The van der Waals surface area contributed by atoms with E-state index in [4.69, 9.17) is 5.11 Å². The first-order valence-electron chi connectivity index (χ1n) is 6.20. The van der Waals surface area contributed by atoms with Gasteiger partial charge in [0.15, 0.2) is 0 Å². The third-order valence-corrected chi connectivity index (χ3v) is 2.76. The van der Waals surface area contributed by atoms with Gasteiger partial charge in [0.1, 0.15) is 0 Å². The Morgan fingerprint density at radius 2 is 2.16 bits per heavy atom. The van der Waals surface area contributed by atoms with E-state index >= 15 is 0 Å². The second-order valence-corrected chi connectivity index (χ2v) is 4.43. The molecule has 3 N–H and O–H groups in total. The Balaban J connectivity index is 2.39. The van der Waals surface area contributed by atoms with Crippen LogP contribution in [0, 0.1) is 5.92 Å². The fourth-order valence-corrected chi connectivity index (χ4v) is 1.60. The molecule has 2 amide bonds. The van der Waals surface area contributed by atoms with Crippen molar-refractivity contribution >= 4 is 12.0 Å². The molecule has 1 aromatic heterocycles. The Hall–Kier alpha value is -2.05. The zero-order valence-electron chi connectivity index (χ0n) is 11.4. The number of carbonyl (C=O) groups excluding carboxylic acids is 1. The normalized spacial score (nSPS) is 11.9. The van der Waals surface area contributed by atoms with Gasteiger partial charge in [-0.3, -0.25) is 9.48 Å². The lowest BCUT2D eigenvalue weighted by atomic mass is 10.2. The van der Waals surface area contributed by atoms with Crippen LogP contribution in [0.4, 0.5) is 4.79 Å². The van der Waals surface area contributed by atoms with Gasteiger partial charge in [-0.25, -0.2) is 4.79 Å². The summed E-state index contributed by atoms with van der Waals surface area (Å²) in [7, 11) is 1.83. The lowest BCUT2D eigenvalue weighted by Crippen LogP contribution is -2.38. The summed E-state index contributed by atoms with van der Waals surface area (Å²) < 4.78 is 1.71. The van der Waals surface area contributed by atoms with Crippen molar-refractivity contribution in [3.63, 3.8) is 0 Å². The van der Waals surface area contributed by atoms with Crippen molar-refractivity contribution in [3.8, 4) is 0 Å². The van der Waals surface area contributed by atoms with Crippen molar-refractivity contribution in [2.45, 2.75) is 26.8 Å². The van der Waals surface area contributed by atoms with E-state index in [2.05, 4.69) is 15.7 Å². The molecule has 19 heavy (non-hydrogen) atoms. The first kappa shape index (κ1) is 15.0. The zero-order chi connectivity index (χ0) is 14.4. The van der Waals surface area contributed by atoms with E-state index in [1.807, 2.05) is 20.2 Å². The lowest BCUT2D eigenvalue weighted by Gasteiger charge is -2.09. The molecule has 0 aromatic carbocycles. The minimum absolute atomic E-state index is 0.106. The maximum absolute atomic E-state index is 11.5. The minimum atomic E-state index is -0.930. The van der Waals surface area contributed by atoms with Gasteiger partial charge in [-0.05, 0) is 6.42 Å². The third kappa shape index (κ3) is 4.61. The third-order valence-electron chi connectivity index (χ3n) is 2.76. The molecule has 7 heteroatoms. The van der Waals surface area contributed by atoms with E-state index in [0.29, 0.717) is 6.54 Å². The molecule has 0 spiro atoms. The van der Waals surface area contributed by atoms with Crippen LogP contribution in [0.2, 0.25) is 0 Å². The quantitative estimate of drug-likeness (QED) is 0.700. The molecule has 1 aromatic rings. The summed E-state index contributed by atoms with van der Waals surface area (Å²) in [6.07, 6.45) is 2.66. The van der Waals surface area contributed by atoms with Crippen molar-refractivity contribution in [3.05, 3.63) is 17.5 Å². The van der Waals surface area contributed by atoms with Crippen LogP contribution in [-0.4, -0.2) is 33.4 Å². The summed E-state index contributed by atoms with van der Waals surface area (Å²) in [5, 5.41) is 18.2. The average Bonchev–Trinajstić information content (AvgIpc) is 2.73. The number of aliphatic carboxylic acids is 1. The number of hydrogen-bond donors (Lipinski definition) is 3. The number of carboxylic acids is 1. The summed E-state index contributed by atoms with van der Waals surface area (Å²) in [6.45, 7) is 4.03. The predicted molar refractivity (Wildman–Crippen MR) is 69.6 cm³/mol. The summed E-state index contributed by atoms with van der Waals surface area (Å²) in [5.74, 6) is -1.53. The molecule has 0 saturated heterocycles. The molecule has 7 nitrogen and oxygen atoms in total. The van der Waals surface area contributed by atoms with Gasteiger partial charge in [0, 0.05) is 31.9 Å². The van der Waals surface area contributed by atoms with Crippen LogP contribution in [0.3, 0.4) is 0 Å². The largest absolute Gasteiger partial charge is 0.481 e. The maximum Gasteiger partial charge on any atom is 0.315 e. The van der Waals surface area contributed by atoms with Crippen molar-refractivity contribution in [2.75, 3.05) is 6.54 Å². The maximum atomic E-state index is 11.5. The van der Waals surface area contributed by atoms with E-state index in [9.17, 15) is 9.59 Å². The number of hydrogen-bond acceptors (Lipinski definition) is 3. The zero-order valence-corrected chi connectivity index (χ0v) is 11.4. The van der Waals surface area contributed by atoms with Crippen LogP contribution < -0.4 is 10.6 Å². The molecular weight excluding hydrogens is 248 g/mol. The number of rotatable bonds is 6. The highest BCUT2D eigenvalue weighted by Crippen LogP contribution is 2.06. The number of carboxylic acid groups (broad SMARTS) is 1. The van der Waals surface area contributed by atoms with Gasteiger partial charge in [0.2, 0.25) is 0 Å². The highest BCUT2D eigenvalue weighted by molar-refractivity contribution is 5.75. The van der Waals surface area contributed by atoms with Crippen molar-refractivity contribution in [1.29, 1.82) is 0 Å². The van der Waals surface area contributed by atoms with Gasteiger partial charge in [0.05, 0.1) is 11.6 Å². The lowest BCUT2D eigenvalue weighted by molar-refractivity contribution is -0.140. The summed E-state index contributed by atoms with van der Waals surface area (Å²) in [5.41, 5.74) is 1.91. The molecule has 0 bridgehead atoms. The molecule has 0 fully saturated rings. The number of urea groups is 1. The Labute approximate surface area is 112 Å². The van der Waals surface area contributed by atoms with Crippen molar-refractivity contribution < 1.29 is 14.7 Å². The molecule has 1 heterocycles. The second kappa shape index (κ2) is 6.77. The monoisotopic (exact) mass is 268 g/mol. The highest BCUT2D eigenvalue weighted by atomic mass is 16.4. The van der Waals surface area contributed by atoms with E-state index < -0.39 is 11.9 Å². The molecule has 1 unspecified atom stereocenters. The number of carbonyl (C=O) groups is 2. The molecule has 1 atom stereocenters. The molecule has 0 radical (unpaired) electrons. The van der Waals surface area contributed by atoms with Gasteiger partial charge < -0.3 is 15.7 Å². The first-order chi connectivity index (χ1) is 8.93. The van der Waals surface area contributed by atoms with Crippen LogP contribution in [0.1, 0.15) is 25.1 Å². The Bertz CT molecular complexity index is 456. The predicted octanol–water partition coefficient (Wildman–Crippen LogP) is 0.502. The Morgan fingerprint density at radius 3 is 2.74 bits per heavy atom. The van der Waals surface area contributed by atoms with E-state index in [0.717, 1.165) is 17.7 Å². The molecule has 1 rings (SSSR count). The van der Waals surface area contributed by atoms with Crippen LogP contribution in [-0.2, 0) is 24.8 Å². The van der Waals surface area contributed by atoms with Crippen LogP contribution in [0.25, 0.3) is 0 Å². The van der Waals surface area contributed by atoms with Gasteiger partial charge in [-0.15, -0.1) is 0 Å². The topological polar surface area (TPSA) is 96.3 Å². The summed E-state index contributed by atoms with van der Waals surface area (Å²) >= 11 is 0. The van der Waals surface area contributed by atoms with Gasteiger partial charge in [0.25, 0.3) is 0 Å². The van der Waals surface area contributed by atoms with Crippen LogP contribution in [0.15, 0.2) is 6.20 Å². The number of nitrogens with zero attached hydrogens (tertiary/aromatic N) is 2. The molecule has 0 saturated carbocycles. The summed E-state index contributed by atoms with van der Waals surface area (Å²) in [6, 6.07) is -0.376. The molecule has 0 aliphatic carbocycles. The SMILES string of the molecule is CCc1nn(C)cc1CNC(=O)NCC(C)C(=O)O. The minimum Gasteiger partial charge on any atom is -0.481 e. The van der Waals surface area contributed by atoms with Crippen LogP contribution >= 0.6 is 0 Å². The molecule has 0 aliphatic rings. The van der Waals surface area contributed by atoms with E-state index in [1.165, 1.54) is 0 Å². The van der Waals surface area contributed by atoms with Gasteiger partial charge in [-0.2, -0.15) is 5.10 Å². The summed E-state index contributed by atoms with van der Waals surface area (Å²) in [4.78, 5) is 22.1. The van der Waals surface area contributed by atoms with E-state index in [-0.39, 0.29) is 12.6 Å². The standard InChI is InChI=1S/C12H20N4O3/c1-4-10-9(7-16(3)15-10)6-14-12(19)13-5-8(2)11(17)18/h7-8H,4-6H2,1-3H3,(H,17,18)(H2,13,14,19). The second-order valence-electron chi connectivity index (χ2n) is 4.43. The Kier molecular flexibility index (Phi) is 5.35. The number of amides is 2. The Morgan fingerprint density at radius 1 is 1.47 bits per heavy atom. The number of aromatic nitrogens is 2. The highest BCUT2D eigenvalue weighted by Gasteiger charge is 2.12. The first-order valence-corrected chi connectivity index (χ1v) is 6.20. The van der Waals surface area contributed by atoms with Gasteiger partial charge >= 0.3 is 12.0 Å². The fourth-order valence-electron chi connectivity index (χ4n) is 1.60. The number of nitrogens with one attached hydrogen (secondary N) is 2. The van der Waals surface area contributed by atoms with Crippen molar-refractivity contribution in [2.24, 2.45) is 13.0 Å². The average molecular weight is 268 g/mol. The van der Waals surface area contributed by atoms with Crippen molar-refractivity contribution in [1.82, 2.24) is 20.4 Å². The molecule has 106 valence electrons. The van der Waals surface area contributed by atoms with Crippen LogP contribution in [0.5, 0.6) is 0 Å². The van der Waals surface area contributed by atoms with E-state index in [1.54, 1.807) is 11.6 Å². The fraction of sp³-hybridized carbons (Fsp3) is 0.583. The molecule has 0 aliphatic heterocycles. The number of aryl methyl sites for hydroxylation is 2. The smallest absolute Gasteiger partial charge is 0.315 e. The van der Waals surface area contributed by atoms with Gasteiger partial charge in [-0.1, -0.05) is 13.8 Å².